The SMILES string of the molecule is Nc1ccc(C=CC(=O)NCc2cc3cc(-c4ccc(C(=O)N5CCC[C@H]5C(F)(F)F)cn4)cc(C(F)(F)F)c3o2)cn1. The molecule has 1 saturated heterocycles. The lowest BCUT2D eigenvalue weighted by molar-refractivity contribution is -0.169. The third-order valence-electron chi connectivity index (χ3n) is 6.84. The van der Waals surface area contributed by atoms with Crippen LogP contribution in [-0.4, -0.2) is 45.4 Å². The van der Waals surface area contributed by atoms with Gasteiger partial charge in [-0.1, -0.05) is 0 Å². The fourth-order valence-electron chi connectivity index (χ4n) is 4.78. The molecular weight excluding hydrogens is 580 g/mol. The number of amides is 2. The molecular formula is C29H23F6N5O3. The number of pyridine rings is 2. The number of furan rings is 1. The van der Waals surface area contributed by atoms with Crippen molar-refractivity contribution < 1.29 is 40.3 Å². The second-order valence-corrected chi connectivity index (χ2v) is 9.85. The Labute approximate surface area is 240 Å². The number of fused-ring (bicyclic) bond motifs is 1. The van der Waals surface area contributed by atoms with Crippen LogP contribution in [0.2, 0.25) is 0 Å². The van der Waals surface area contributed by atoms with Gasteiger partial charge in [-0.15, -0.1) is 0 Å². The molecule has 1 aliphatic heterocycles. The fourth-order valence-corrected chi connectivity index (χ4v) is 4.78. The third-order valence-corrected chi connectivity index (χ3v) is 6.84. The standard InChI is InChI=1S/C29H23F6N5O3/c30-28(31,32)21-12-18(22-6-5-17(14-37-22)27(42)40-9-1-2-23(40)29(33,34)35)10-19-11-20(43-26(19)21)15-39-25(41)8-4-16-3-7-24(36)38-13-16/h3-8,10-14,23H,1-2,9,15H2,(H2,36,38)(H,39,41)/t23-/m0/s1. The fraction of sp³-hybridized carbons (Fsp3) is 0.241. The van der Waals surface area contributed by atoms with Crippen molar-refractivity contribution in [3.63, 3.8) is 0 Å². The number of nitrogens with two attached hydrogens (primary N) is 1. The molecule has 8 nitrogen and oxygen atoms in total. The number of carbonyl (C=O) groups excluding carboxylic acids is 2. The van der Waals surface area contributed by atoms with Crippen molar-refractivity contribution in [1.82, 2.24) is 20.2 Å². The van der Waals surface area contributed by atoms with E-state index in [1.54, 1.807) is 12.1 Å². The van der Waals surface area contributed by atoms with Crippen LogP contribution in [0.5, 0.6) is 0 Å². The van der Waals surface area contributed by atoms with Crippen LogP contribution >= 0.6 is 0 Å². The van der Waals surface area contributed by atoms with Gasteiger partial charge in [-0.25, -0.2) is 4.98 Å². The number of anilines is 1. The molecule has 0 radical (unpaired) electrons. The summed E-state index contributed by atoms with van der Waals surface area (Å²) >= 11 is 0. The van der Waals surface area contributed by atoms with E-state index in [9.17, 15) is 35.9 Å². The predicted molar refractivity (Wildman–Crippen MR) is 144 cm³/mol. The molecule has 0 aliphatic carbocycles. The van der Waals surface area contributed by atoms with Gasteiger partial charge in [0.15, 0.2) is 0 Å². The van der Waals surface area contributed by atoms with Gasteiger partial charge in [-0.3, -0.25) is 14.6 Å². The number of halogens is 6. The summed E-state index contributed by atoms with van der Waals surface area (Å²) in [5.74, 6) is -1.00. The van der Waals surface area contributed by atoms with Gasteiger partial charge in [0.2, 0.25) is 5.91 Å². The van der Waals surface area contributed by atoms with Crippen LogP contribution in [0.15, 0.2) is 65.4 Å². The summed E-state index contributed by atoms with van der Waals surface area (Å²) in [6.07, 6.45) is -4.15. The van der Waals surface area contributed by atoms with Gasteiger partial charge in [-0.05, 0) is 66.9 Å². The normalized spacial score (nSPS) is 15.9. The average Bonchev–Trinajstić information content (AvgIpc) is 3.62. The summed E-state index contributed by atoms with van der Waals surface area (Å²) in [4.78, 5) is 33.7. The Bertz CT molecular complexity index is 1680. The number of nitrogens with one attached hydrogen (secondary N) is 1. The first-order valence-corrected chi connectivity index (χ1v) is 12.9. The Hall–Kier alpha value is -4.88. The van der Waals surface area contributed by atoms with Crippen LogP contribution in [-0.2, 0) is 17.5 Å². The Morgan fingerprint density at radius 3 is 2.49 bits per heavy atom. The Morgan fingerprint density at radius 1 is 1.05 bits per heavy atom. The topological polar surface area (TPSA) is 114 Å². The Morgan fingerprint density at radius 2 is 1.84 bits per heavy atom. The number of aromatic nitrogens is 2. The van der Waals surface area contributed by atoms with E-state index in [1.807, 2.05) is 0 Å². The first-order valence-electron chi connectivity index (χ1n) is 12.9. The zero-order chi connectivity index (χ0) is 30.9. The highest BCUT2D eigenvalue weighted by Gasteiger charge is 2.47. The van der Waals surface area contributed by atoms with Gasteiger partial charge < -0.3 is 20.4 Å². The van der Waals surface area contributed by atoms with Gasteiger partial charge in [0, 0.05) is 36.0 Å². The van der Waals surface area contributed by atoms with Crippen molar-refractivity contribution in [1.29, 1.82) is 0 Å². The maximum absolute atomic E-state index is 14.0. The molecule has 1 fully saturated rings. The first kappa shape index (κ1) is 29.6. The summed E-state index contributed by atoms with van der Waals surface area (Å²) in [6, 6.07) is 7.41. The van der Waals surface area contributed by atoms with E-state index in [2.05, 4.69) is 15.3 Å². The smallest absolute Gasteiger partial charge is 0.420 e. The number of nitrogens with zero attached hydrogens (tertiary/aromatic N) is 3. The second-order valence-electron chi connectivity index (χ2n) is 9.85. The second kappa shape index (κ2) is 11.4. The minimum Gasteiger partial charge on any atom is -0.459 e. The molecule has 3 aromatic heterocycles. The largest absolute Gasteiger partial charge is 0.459 e. The number of alkyl halides is 6. The molecule has 1 aliphatic rings. The lowest BCUT2D eigenvalue weighted by Gasteiger charge is -2.26. The number of hydrogen-bond donors (Lipinski definition) is 2. The highest BCUT2D eigenvalue weighted by molar-refractivity contribution is 5.95. The van der Waals surface area contributed by atoms with Crippen molar-refractivity contribution in [2.45, 2.75) is 37.8 Å². The molecule has 4 heterocycles. The number of rotatable bonds is 6. The zero-order valence-corrected chi connectivity index (χ0v) is 22.2. The Balaban J connectivity index is 1.35. The van der Waals surface area contributed by atoms with E-state index < -0.39 is 41.4 Å². The predicted octanol–water partition coefficient (Wildman–Crippen LogP) is 5.99. The average molecular weight is 604 g/mol. The van der Waals surface area contributed by atoms with Crippen molar-refractivity contribution in [2.75, 3.05) is 12.3 Å². The van der Waals surface area contributed by atoms with E-state index in [4.69, 9.17) is 10.2 Å². The van der Waals surface area contributed by atoms with Crippen LogP contribution in [0, 0.1) is 0 Å². The van der Waals surface area contributed by atoms with Crippen molar-refractivity contribution in [2.24, 2.45) is 0 Å². The van der Waals surface area contributed by atoms with Crippen LogP contribution in [0.1, 0.15) is 40.1 Å². The summed E-state index contributed by atoms with van der Waals surface area (Å²) in [6.45, 7) is -0.259. The molecule has 4 aromatic rings. The quantitative estimate of drug-likeness (QED) is 0.207. The van der Waals surface area contributed by atoms with E-state index in [-0.39, 0.29) is 53.9 Å². The molecule has 2 amide bonds. The number of carbonyl (C=O) groups is 2. The number of likely N-dealkylation sites (tertiary alicyclic amines) is 1. The highest BCUT2D eigenvalue weighted by atomic mass is 19.4. The minimum atomic E-state index is -4.80. The molecule has 14 heteroatoms. The molecule has 43 heavy (non-hydrogen) atoms. The van der Waals surface area contributed by atoms with E-state index in [1.165, 1.54) is 42.6 Å². The van der Waals surface area contributed by atoms with Crippen LogP contribution in [0.3, 0.4) is 0 Å². The van der Waals surface area contributed by atoms with Crippen LogP contribution in [0.25, 0.3) is 28.3 Å². The van der Waals surface area contributed by atoms with Crippen LogP contribution in [0.4, 0.5) is 32.2 Å². The minimum absolute atomic E-state index is 0.0459. The number of nitrogen functional groups attached to an aromatic ring is 1. The molecule has 0 saturated carbocycles. The summed E-state index contributed by atoms with van der Waals surface area (Å²) in [7, 11) is 0. The van der Waals surface area contributed by atoms with E-state index in [0.29, 0.717) is 11.4 Å². The van der Waals surface area contributed by atoms with Gasteiger partial charge in [0.1, 0.15) is 23.2 Å². The van der Waals surface area contributed by atoms with E-state index >= 15 is 0 Å². The molecule has 0 spiro atoms. The van der Waals surface area contributed by atoms with Gasteiger partial charge in [0.05, 0.1) is 23.4 Å². The molecule has 0 unspecified atom stereocenters. The molecule has 224 valence electrons. The third kappa shape index (κ3) is 6.63. The van der Waals surface area contributed by atoms with Crippen molar-refractivity contribution in [3.8, 4) is 11.3 Å². The first-order chi connectivity index (χ1) is 20.3. The summed E-state index contributed by atoms with van der Waals surface area (Å²) in [5.41, 5.74) is 4.61. The van der Waals surface area contributed by atoms with Gasteiger partial charge in [-0.2, -0.15) is 26.3 Å². The van der Waals surface area contributed by atoms with Gasteiger partial charge in [0.25, 0.3) is 5.91 Å². The highest BCUT2D eigenvalue weighted by Crippen LogP contribution is 2.39. The lowest BCUT2D eigenvalue weighted by Crippen LogP contribution is -2.44. The number of hydrogen-bond acceptors (Lipinski definition) is 6. The Kier molecular flexibility index (Phi) is 7.86. The molecule has 5 rings (SSSR count). The molecule has 1 atom stereocenters. The van der Waals surface area contributed by atoms with Crippen molar-refractivity contribution >= 4 is 34.7 Å². The van der Waals surface area contributed by atoms with Gasteiger partial charge >= 0.3 is 12.4 Å². The van der Waals surface area contributed by atoms with Crippen LogP contribution < -0.4 is 11.1 Å². The number of benzene rings is 1. The van der Waals surface area contributed by atoms with Crippen molar-refractivity contribution in [3.05, 3.63) is 83.4 Å². The molecule has 0 bridgehead atoms. The summed E-state index contributed by atoms with van der Waals surface area (Å²) in [5, 5.41) is 2.62. The molecule has 1 aromatic carbocycles. The summed E-state index contributed by atoms with van der Waals surface area (Å²) < 4.78 is 87.3. The maximum Gasteiger partial charge on any atom is 0.420 e. The molecule has 3 N–H and O–H groups in total. The lowest BCUT2D eigenvalue weighted by atomic mass is 10.0. The van der Waals surface area contributed by atoms with E-state index in [0.717, 1.165) is 17.2 Å². The monoisotopic (exact) mass is 603 g/mol. The zero-order valence-electron chi connectivity index (χ0n) is 22.2. The maximum atomic E-state index is 14.0.